The third-order valence-corrected chi connectivity index (χ3v) is 12.3. The maximum atomic E-state index is 14.0. The summed E-state index contributed by atoms with van der Waals surface area (Å²) in [6.07, 6.45) is 8.76. The van der Waals surface area contributed by atoms with Crippen molar-refractivity contribution in [2.45, 2.75) is 90.4 Å². The van der Waals surface area contributed by atoms with E-state index < -0.39 is 12.1 Å². The van der Waals surface area contributed by atoms with Gasteiger partial charge in [0.05, 0.1) is 35.9 Å². The second kappa shape index (κ2) is 16.7. The molecule has 58 heavy (non-hydrogen) atoms. The predicted octanol–water partition coefficient (Wildman–Crippen LogP) is 6.34. The lowest BCUT2D eigenvalue weighted by molar-refractivity contribution is -0.139. The van der Waals surface area contributed by atoms with Gasteiger partial charge in [0.25, 0.3) is 0 Å². The second-order valence-corrected chi connectivity index (χ2v) is 16.8. The number of likely N-dealkylation sites (tertiary alicyclic amines) is 2. The Labute approximate surface area is 340 Å². The first-order valence-electron chi connectivity index (χ1n) is 21.1. The molecule has 0 bridgehead atoms. The number of aromatic nitrogens is 4. The predicted molar refractivity (Wildman–Crippen MR) is 221 cm³/mol. The van der Waals surface area contributed by atoms with Crippen molar-refractivity contribution in [2.75, 3.05) is 39.3 Å². The Morgan fingerprint density at radius 3 is 1.31 bits per heavy atom. The number of imidazole rings is 2. The summed E-state index contributed by atoms with van der Waals surface area (Å²) in [5, 5.41) is 5.81. The third kappa shape index (κ3) is 7.68. The number of amides is 6. The van der Waals surface area contributed by atoms with Gasteiger partial charge in [-0.05, 0) is 72.6 Å². The number of urea groups is 2. The number of rotatable bonds is 11. The zero-order valence-electron chi connectivity index (χ0n) is 34.0. The molecule has 14 heteroatoms. The van der Waals surface area contributed by atoms with Crippen molar-refractivity contribution < 1.29 is 19.2 Å². The number of nitrogens with one attached hydrogen (secondary N) is 4. The molecule has 4 atom stereocenters. The molecule has 4 saturated heterocycles. The van der Waals surface area contributed by atoms with Crippen LogP contribution in [0.5, 0.6) is 0 Å². The zero-order chi connectivity index (χ0) is 40.5. The summed E-state index contributed by atoms with van der Waals surface area (Å²) in [7, 11) is 0. The number of hydrogen-bond donors (Lipinski definition) is 4. The van der Waals surface area contributed by atoms with Crippen molar-refractivity contribution >= 4 is 23.9 Å². The average Bonchev–Trinajstić information content (AvgIpc) is 4.06. The molecule has 8 rings (SSSR count). The smallest absolute Gasteiger partial charge is 0.318 e. The summed E-state index contributed by atoms with van der Waals surface area (Å²) in [6, 6.07) is 15.1. The van der Waals surface area contributed by atoms with E-state index in [1.165, 1.54) is 0 Å². The topological polar surface area (TPSA) is 163 Å². The minimum absolute atomic E-state index is 0.00925. The van der Waals surface area contributed by atoms with Crippen LogP contribution in [0, 0.1) is 11.8 Å². The molecule has 2 aromatic carbocycles. The molecule has 14 nitrogen and oxygen atoms in total. The summed E-state index contributed by atoms with van der Waals surface area (Å²) in [4.78, 5) is 77.1. The first kappa shape index (κ1) is 39.2. The van der Waals surface area contributed by atoms with Gasteiger partial charge in [0.15, 0.2) is 0 Å². The number of H-pyrrole nitrogens is 2. The maximum absolute atomic E-state index is 14.0. The number of carbonyl (C=O) groups is 4. The van der Waals surface area contributed by atoms with Crippen LogP contribution < -0.4 is 10.6 Å². The highest BCUT2D eigenvalue weighted by Gasteiger charge is 2.43. The van der Waals surface area contributed by atoms with Crippen LogP contribution >= 0.6 is 0 Å². The van der Waals surface area contributed by atoms with Gasteiger partial charge in [0, 0.05) is 39.3 Å². The minimum atomic E-state index is -0.506. The Hall–Kier alpha value is -5.66. The van der Waals surface area contributed by atoms with Crippen LogP contribution in [0.3, 0.4) is 0 Å². The lowest BCUT2D eigenvalue weighted by Crippen LogP contribution is -2.58. The van der Waals surface area contributed by atoms with Gasteiger partial charge in [-0.25, -0.2) is 19.6 Å². The zero-order valence-corrected chi connectivity index (χ0v) is 34.0. The fourth-order valence-electron chi connectivity index (χ4n) is 9.34. The van der Waals surface area contributed by atoms with Gasteiger partial charge in [-0.3, -0.25) is 9.59 Å². The SMILES string of the molecule is CC(C)[C@@H](C(=O)N1CCC[C@H]1c1ncc(-c2ccc(-c3ccc(-c4cnc([C@@H]5CCCN5C(=O)[C@H](C(C)C)N5CCCNC5=O)[nH]4)cc3)cc2)[nH]1)N1CCCNC1=O. The number of hydrogen-bond acceptors (Lipinski definition) is 6. The molecule has 4 aromatic rings. The van der Waals surface area contributed by atoms with Gasteiger partial charge < -0.3 is 40.2 Å². The van der Waals surface area contributed by atoms with E-state index in [1.807, 2.05) is 49.9 Å². The summed E-state index contributed by atoms with van der Waals surface area (Å²) >= 11 is 0. The lowest BCUT2D eigenvalue weighted by atomic mass is 9.99. The van der Waals surface area contributed by atoms with Gasteiger partial charge in [0.1, 0.15) is 23.7 Å². The molecule has 0 spiro atoms. The Morgan fingerprint density at radius 2 is 0.948 bits per heavy atom. The van der Waals surface area contributed by atoms with Crippen molar-refractivity contribution in [1.29, 1.82) is 0 Å². The van der Waals surface area contributed by atoms with Crippen molar-refractivity contribution in [3.05, 3.63) is 72.6 Å². The molecule has 2 aromatic heterocycles. The largest absolute Gasteiger partial charge is 0.340 e. The first-order chi connectivity index (χ1) is 28.1. The Bertz CT molecular complexity index is 1960. The monoisotopic (exact) mass is 788 g/mol. The fraction of sp³-hybridized carbons (Fsp3) is 0.500. The molecule has 6 heterocycles. The van der Waals surface area contributed by atoms with Crippen LogP contribution in [-0.4, -0.2) is 115 Å². The maximum Gasteiger partial charge on any atom is 0.318 e. The van der Waals surface area contributed by atoms with Crippen molar-refractivity contribution in [1.82, 2.24) is 50.2 Å². The molecule has 306 valence electrons. The summed E-state index contributed by atoms with van der Waals surface area (Å²) < 4.78 is 0. The molecule has 0 aliphatic carbocycles. The number of nitrogens with zero attached hydrogens (tertiary/aromatic N) is 6. The number of aromatic amines is 2. The number of benzene rings is 2. The van der Waals surface area contributed by atoms with Crippen LogP contribution in [0.1, 0.15) is 90.0 Å². The average molecular weight is 789 g/mol. The highest BCUT2D eigenvalue weighted by molar-refractivity contribution is 5.89. The summed E-state index contributed by atoms with van der Waals surface area (Å²) in [6.45, 7) is 11.8. The van der Waals surface area contributed by atoms with Crippen molar-refractivity contribution in [3.63, 3.8) is 0 Å². The molecule has 0 unspecified atom stereocenters. The fourth-order valence-corrected chi connectivity index (χ4v) is 9.34. The van der Waals surface area contributed by atoms with Crippen molar-refractivity contribution in [2.24, 2.45) is 11.8 Å². The van der Waals surface area contributed by atoms with E-state index in [0.717, 1.165) is 83.8 Å². The van der Waals surface area contributed by atoms with E-state index in [2.05, 4.69) is 69.1 Å². The van der Waals surface area contributed by atoms with E-state index >= 15 is 0 Å². The van der Waals surface area contributed by atoms with Gasteiger partial charge >= 0.3 is 12.1 Å². The quantitative estimate of drug-likeness (QED) is 0.139. The van der Waals surface area contributed by atoms with Crippen molar-refractivity contribution in [3.8, 4) is 33.6 Å². The Kier molecular flexibility index (Phi) is 11.3. The molecule has 4 aliphatic rings. The van der Waals surface area contributed by atoms with E-state index in [0.29, 0.717) is 39.3 Å². The molecule has 0 saturated carbocycles. The standard InChI is InChI=1S/C44H56N10O4/c1-27(2)37(53-23-7-19-45-43(53)57)41(55)51-21-5-9-35(51)39-47-25-33(49-39)31-15-11-29(12-16-31)30-13-17-32(18-14-30)34-26-48-40(50-34)36-10-6-22-52(36)42(56)38(28(3)4)54-24-8-20-46-44(54)58/h11-18,25-28,35-38H,5-10,19-24H2,1-4H3,(H,45,57)(H,46,58)(H,47,49)(H,48,50)/t35-,36-,37-,38-/m0/s1. The van der Waals surface area contributed by atoms with Gasteiger partial charge in [-0.15, -0.1) is 0 Å². The van der Waals surface area contributed by atoms with Crippen LogP contribution in [0.2, 0.25) is 0 Å². The van der Waals surface area contributed by atoms with Crippen LogP contribution in [-0.2, 0) is 9.59 Å². The second-order valence-electron chi connectivity index (χ2n) is 16.8. The Morgan fingerprint density at radius 1 is 0.569 bits per heavy atom. The summed E-state index contributed by atoms with van der Waals surface area (Å²) in [5.74, 6) is 1.50. The third-order valence-electron chi connectivity index (χ3n) is 12.3. The van der Waals surface area contributed by atoms with Gasteiger partial charge in [-0.1, -0.05) is 76.2 Å². The molecular weight excluding hydrogens is 733 g/mol. The summed E-state index contributed by atoms with van der Waals surface area (Å²) in [5.41, 5.74) is 5.95. The normalized spacial score (nSPS) is 21.1. The highest BCUT2D eigenvalue weighted by atomic mass is 16.2. The van der Waals surface area contributed by atoms with E-state index in [-0.39, 0.29) is 47.8 Å². The molecule has 0 radical (unpaired) electrons. The van der Waals surface area contributed by atoms with Gasteiger partial charge in [-0.2, -0.15) is 0 Å². The highest BCUT2D eigenvalue weighted by Crippen LogP contribution is 2.36. The van der Waals surface area contributed by atoms with E-state index in [9.17, 15) is 19.2 Å². The van der Waals surface area contributed by atoms with Crippen LogP contribution in [0.25, 0.3) is 33.6 Å². The molecule has 4 N–H and O–H groups in total. The molecule has 6 amide bonds. The van der Waals surface area contributed by atoms with Crippen LogP contribution in [0.4, 0.5) is 9.59 Å². The Balaban J connectivity index is 0.919. The minimum Gasteiger partial charge on any atom is -0.340 e. The van der Waals surface area contributed by atoms with Gasteiger partial charge in [0.2, 0.25) is 11.8 Å². The molecule has 4 aliphatic heterocycles. The molecule has 4 fully saturated rings. The lowest BCUT2D eigenvalue weighted by Gasteiger charge is -2.39. The first-order valence-corrected chi connectivity index (χ1v) is 21.1. The molecular formula is C44H56N10O4. The van der Waals surface area contributed by atoms with E-state index in [1.54, 1.807) is 9.80 Å². The number of carbonyl (C=O) groups excluding carboxylic acids is 4. The van der Waals surface area contributed by atoms with Crippen LogP contribution in [0.15, 0.2) is 60.9 Å². The van der Waals surface area contributed by atoms with E-state index in [4.69, 9.17) is 9.97 Å².